The number of pyridine rings is 1. The van der Waals surface area contributed by atoms with Crippen molar-refractivity contribution in [1.29, 1.82) is 0 Å². The fourth-order valence-electron chi connectivity index (χ4n) is 2.46. The minimum absolute atomic E-state index is 0.0493. The molecule has 1 N–H and O–H groups in total. The Kier molecular flexibility index (Phi) is 3.73. The van der Waals surface area contributed by atoms with Crippen molar-refractivity contribution in [3.8, 4) is 0 Å². The van der Waals surface area contributed by atoms with E-state index >= 15 is 0 Å². The first-order chi connectivity index (χ1) is 10.4. The first-order valence-corrected chi connectivity index (χ1v) is 9.09. The zero-order valence-corrected chi connectivity index (χ0v) is 13.7. The standard InChI is InChI=1S/C14H15N3O3S2/c1-8-14(21-9(2)16-8)22(19,20)17-13(18)12-6-11(12)10-4-3-5-15-7-10/h3-5,7,11-12H,6H2,1-2H3,(H,17,18)/t11-,12-/m0/s1. The number of amides is 1. The fraction of sp³-hybridized carbons (Fsp3) is 0.357. The largest absolute Gasteiger partial charge is 0.275 e. The number of rotatable bonds is 4. The lowest BCUT2D eigenvalue weighted by molar-refractivity contribution is -0.120. The lowest BCUT2D eigenvalue weighted by Crippen LogP contribution is -2.32. The molecule has 1 saturated carbocycles. The molecule has 6 nitrogen and oxygen atoms in total. The highest BCUT2D eigenvalue weighted by molar-refractivity contribution is 7.92. The number of hydrogen-bond acceptors (Lipinski definition) is 6. The number of nitrogens with zero attached hydrogens (tertiary/aromatic N) is 2. The van der Waals surface area contributed by atoms with Crippen molar-refractivity contribution in [2.24, 2.45) is 5.92 Å². The van der Waals surface area contributed by atoms with Crippen LogP contribution in [0.25, 0.3) is 0 Å². The van der Waals surface area contributed by atoms with Gasteiger partial charge < -0.3 is 0 Å². The Balaban J connectivity index is 1.72. The Morgan fingerprint density at radius 3 is 2.77 bits per heavy atom. The second kappa shape index (κ2) is 5.44. The molecule has 0 unspecified atom stereocenters. The van der Waals surface area contributed by atoms with Crippen LogP contribution in [0.2, 0.25) is 0 Å². The first-order valence-electron chi connectivity index (χ1n) is 6.79. The van der Waals surface area contributed by atoms with Gasteiger partial charge in [0.25, 0.3) is 10.0 Å². The number of carbonyl (C=O) groups excluding carboxylic acids is 1. The van der Waals surface area contributed by atoms with Crippen LogP contribution in [-0.4, -0.2) is 24.3 Å². The molecule has 0 saturated heterocycles. The van der Waals surface area contributed by atoms with E-state index in [0.29, 0.717) is 17.1 Å². The fourth-order valence-corrected chi connectivity index (χ4v) is 4.98. The summed E-state index contributed by atoms with van der Waals surface area (Å²) < 4.78 is 26.8. The summed E-state index contributed by atoms with van der Waals surface area (Å²) >= 11 is 1.07. The van der Waals surface area contributed by atoms with Crippen LogP contribution in [0, 0.1) is 19.8 Å². The van der Waals surface area contributed by atoms with Crippen LogP contribution in [-0.2, 0) is 14.8 Å². The minimum atomic E-state index is -3.84. The van der Waals surface area contributed by atoms with Gasteiger partial charge in [-0.25, -0.2) is 18.1 Å². The average molecular weight is 337 g/mol. The summed E-state index contributed by atoms with van der Waals surface area (Å²) in [6.07, 6.45) is 4.03. The van der Waals surface area contributed by atoms with E-state index in [1.165, 1.54) is 0 Å². The lowest BCUT2D eigenvalue weighted by Gasteiger charge is -2.05. The highest BCUT2D eigenvalue weighted by Crippen LogP contribution is 2.47. The zero-order chi connectivity index (χ0) is 15.9. The molecule has 1 fully saturated rings. The van der Waals surface area contributed by atoms with Crippen molar-refractivity contribution in [3.05, 3.63) is 40.8 Å². The molecule has 3 rings (SSSR count). The van der Waals surface area contributed by atoms with Crippen LogP contribution in [0.4, 0.5) is 0 Å². The van der Waals surface area contributed by atoms with Gasteiger partial charge in [-0.15, -0.1) is 11.3 Å². The minimum Gasteiger partial charge on any atom is -0.274 e. The molecule has 0 spiro atoms. The number of carbonyl (C=O) groups is 1. The Bertz CT molecular complexity index is 815. The van der Waals surface area contributed by atoms with Gasteiger partial charge in [-0.2, -0.15) is 0 Å². The molecule has 0 radical (unpaired) electrons. The third kappa shape index (κ3) is 2.89. The van der Waals surface area contributed by atoms with Gasteiger partial charge in [-0.05, 0) is 37.8 Å². The van der Waals surface area contributed by atoms with Gasteiger partial charge in [0.2, 0.25) is 5.91 Å². The van der Waals surface area contributed by atoms with Crippen LogP contribution in [0.3, 0.4) is 0 Å². The Morgan fingerprint density at radius 2 is 2.18 bits per heavy atom. The molecule has 1 aliphatic rings. The number of aromatic nitrogens is 2. The monoisotopic (exact) mass is 337 g/mol. The molecule has 1 amide bonds. The maximum absolute atomic E-state index is 12.3. The third-order valence-corrected chi connectivity index (χ3v) is 6.61. The van der Waals surface area contributed by atoms with Crippen LogP contribution < -0.4 is 4.72 Å². The quantitative estimate of drug-likeness (QED) is 0.918. The molecule has 116 valence electrons. The summed E-state index contributed by atoms with van der Waals surface area (Å²) in [7, 11) is -3.84. The van der Waals surface area contributed by atoms with E-state index in [0.717, 1.165) is 16.9 Å². The highest BCUT2D eigenvalue weighted by Gasteiger charge is 2.45. The molecule has 0 aromatic carbocycles. The van der Waals surface area contributed by atoms with Crippen molar-refractivity contribution in [3.63, 3.8) is 0 Å². The van der Waals surface area contributed by atoms with E-state index in [1.807, 2.05) is 12.1 Å². The van der Waals surface area contributed by atoms with Crippen molar-refractivity contribution in [2.75, 3.05) is 0 Å². The average Bonchev–Trinajstić information content (AvgIpc) is 3.18. The molecular formula is C14H15N3O3S2. The summed E-state index contributed by atoms with van der Waals surface area (Å²) in [5.41, 5.74) is 1.38. The smallest absolute Gasteiger partial charge is 0.274 e. The normalized spacial score (nSPS) is 20.6. The van der Waals surface area contributed by atoms with Gasteiger partial charge in [0.05, 0.1) is 10.7 Å². The number of hydrogen-bond donors (Lipinski definition) is 1. The van der Waals surface area contributed by atoms with Gasteiger partial charge in [0.15, 0.2) is 4.21 Å². The van der Waals surface area contributed by atoms with Gasteiger partial charge >= 0.3 is 0 Å². The second-order valence-electron chi connectivity index (χ2n) is 5.31. The summed E-state index contributed by atoms with van der Waals surface area (Å²) in [6.45, 7) is 3.36. The van der Waals surface area contributed by atoms with Crippen molar-refractivity contribution < 1.29 is 13.2 Å². The molecule has 0 bridgehead atoms. The zero-order valence-electron chi connectivity index (χ0n) is 12.1. The van der Waals surface area contributed by atoms with Gasteiger partial charge in [0, 0.05) is 18.3 Å². The summed E-state index contributed by atoms with van der Waals surface area (Å²) in [4.78, 5) is 20.3. The molecule has 0 aliphatic heterocycles. The van der Waals surface area contributed by atoms with Crippen molar-refractivity contribution >= 4 is 27.3 Å². The third-order valence-electron chi connectivity index (χ3n) is 3.58. The predicted molar refractivity (Wildman–Crippen MR) is 82.0 cm³/mol. The van der Waals surface area contributed by atoms with Gasteiger partial charge in [-0.3, -0.25) is 9.78 Å². The number of nitrogens with one attached hydrogen (secondary N) is 1. The molecule has 2 atom stereocenters. The maximum Gasteiger partial charge on any atom is 0.275 e. The van der Waals surface area contributed by atoms with E-state index in [1.54, 1.807) is 26.2 Å². The summed E-state index contributed by atoms with van der Waals surface area (Å²) in [5.74, 6) is -0.721. The first kappa shape index (κ1) is 15.1. The van der Waals surface area contributed by atoms with Gasteiger partial charge in [0.1, 0.15) is 0 Å². The molecule has 2 aromatic rings. The molecule has 8 heteroatoms. The van der Waals surface area contributed by atoms with Crippen LogP contribution >= 0.6 is 11.3 Å². The lowest BCUT2D eigenvalue weighted by atomic mass is 10.1. The highest BCUT2D eigenvalue weighted by atomic mass is 32.2. The second-order valence-corrected chi connectivity index (χ2v) is 8.39. The predicted octanol–water partition coefficient (Wildman–Crippen LogP) is 1.76. The Hall–Kier alpha value is -1.80. The summed E-state index contributed by atoms with van der Waals surface area (Å²) in [6, 6.07) is 3.71. The SMILES string of the molecule is Cc1nc(C)c(S(=O)(=O)NC(=O)[C@H]2C[C@H]2c2cccnc2)s1. The molecule has 2 heterocycles. The Labute approximate surface area is 132 Å². The molecular weight excluding hydrogens is 322 g/mol. The number of sulfonamides is 1. The number of thiazole rings is 1. The van der Waals surface area contributed by atoms with Crippen LogP contribution in [0.15, 0.2) is 28.7 Å². The topological polar surface area (TPSA) is 89.0 Å². The number of aryl methyl sites for hydroxylation is 2. The van der Waals surface area contributed by atoms with E-state index in [2.05, 4.69) is 14.7 Å². The van der Waals surface area contributed by atoms with E-state index in [4.69, 9.17) is 0 Å². The van der Waals surface area contributed by atoms with Crippen molar-refractivity contribution in [1.82, 2.24) is 14.7 Å². The summed E-state index contributed by atoms with van der Waals surface area (Å²) in [5, 5.41) is 0.657. The van der Waals surface area contributed by atoms with Crippen LogP contribution in [0.5, 0.6) is 0 Å². The Morgan fingerprint density at radius 1 is 1.41 bits per heavy atom. The van der Waals surface area contributed by atoms with E-state index in [-0.39, 0.29) is 16.0 Å². The van der Waals surface area contributed by atoms with Crippen molar-refractivity contribution in [2.45, 2.75) is 30.4 Å². The molecule has 22 heavy (non-hydrogen) atoms. The van der Waals surface area contributed by atoms with Gasteiger partial charge in [-0.1, -0.05) is 6.07 Å². The molecule has 2 aromatic heterocycles. The van der Waals surface area contributed by atoms with Crippen LogP contribution in [0.1, 0.15) is 28.6 Å². The van der Waals surface area contributed by atoms with E-state index in [9.17, 15) is 13.2 Å². The maximum atomic E-state index is 12.3. The molecule has 1 aliphatic carbocycles. The van der Waals surface area contributed by atoms with E-state index < -0.39 is 15.9 Å².